The number of nitrogens with two attached hydrogens (primary N) is 1. The molecule has 0 fully saturated rings. The third-order valence-corrected chi connectivity index (χ3v) is 5.58. The second-order valence-corrected chi connectivity index (χ2v) is 12.4. The summed E-state index contributed by atoms with van der Waals surface area (Å²) in [5.74, 6) is 0.859. The molecule has 0 saturated heterocycles. The lowest BCUT2D eigenvalue weighted by Crippen LogP contribution is -1.83. The summed E-state index contributed by atoms with van der Waals surface area (Å²) in [5, 5.41) is 0. The lowest BCUT2D eigenvalue weighted by molar-refractivity contribution is 1.43. The van der Waals surface area contributed by atoms with E-state index in [0.717, 1.165) is 5.75 Å². The third kappa shape index (κ3) is 4.53. The first-order chi connectivity index (χ1) is 5.58. The van der Waals surface area contributed by atoms with Crippen LogP contribution in [0.5, 0.6) is 0 Å². The van der Waals surface area contributed by atoms with Gasteiger partial charge < -0.3 is 0 Å². The van der Waals surface area contributed by atoms with Gasteiger partial charge in [-0.1, -0.05) is 53.5 Å². The van der Waals surface area contributed by atoms with Gasteiger partial charge in [-0.25, -0.2) is 0 Å². The Morgan fingerprint density at radius 1 is 1.42 bits per heavy atom. The van der Waals surface area contributed by atoms with E-state index in [0.29, 0.717) is 0 Å². The molecule has 0 spiro atoms. The Kier molecular flexibility index (Phi) is 4.14. The molecule has 0 bridgehead atoms. The van der Waals surface area contributed by atoms with Crippen LogP contribution in [0.15, 0.2) is 30.3 Å². The van der Waals surface area contributed by atoms with Gasteiger partial charge in [-0.2, -0.15) is 0 Å². The second-order valence-electron chi connectivity index (χ2n) is 2.32. The Morgan fingerprint density at radius 3 is 2.50 bits per heavy atom. The number of benzene rings is 1. The number of thiol groups is 1. The van der Waals surface area contributed by atoms with Gasteiger partial charge in [0.25, 0.3) is 0 Å². The van der Waals surface area contributed by atoms with Crippen molar-refractivity contribution < 1.29 is 0 Å². The summed E-state index contributed by atoms with van der Waals surface area (Å²) in [6.07, 6.45) is 0. The molecule has 1 unspecified atom stereocenters. The maximum absolute atomic E-state index is 5.64. The summed E-state index contributed by atoms with van der Waals surface area (Å²) in [5.41, 5.74) is 6.88. The van der Waals surface area contributed by atoms with Crippen LogP contribution >= 0.6 is 28.2 Å². The number of rotatable bonds is 3. The van der Waals surface area contributed by atoms with Crippen molar-refractivity contribution in [3.05, 3.63) is 35.9 Å². The van der Waals surface area contributed by atoms with E-state index in [1.807, 2.05) is 18.2 Å². The zero-order valence-electron chi connectivity index (χ0n) is 6.38. The van der Waals surface area contributed by atoms with Gasteiger partial charge >= 0.3 is 0 Å². The van der Waals surface area contributed by atoms with Crippen LogP contribution in [0, 0.1) is 0 Å². The highest BCUT2D eigenvalue weighted by atomic mass is 33.2. The molecule has 0 saturated carbocycles. The molecule has 0 aliphatic carbocycles. The van der Waals surface area contributed by atoms with Gasteiger partial charge in [0.05, 0.1) is 0 Å². The molecule has 1 aromatic carbocycles. The predicted molar refractivity (Wildman–Crippen MR) is 65.2 cm³/mol. The Balaban J connectivity index is 2.50. The molecular weight excluding hydrogens is 225 g/mol. The molecule has 0 aromatic heterocycles. The molecule has 1 rings (SSSR count). The van der Waals surface area contributed by atoms with Gasteiger partial charge in [0.15, 0.2) is 0 Å². The summed E-state index contributed by atoms with van der Waals surface area (Å²) in [7, 11) is 0. The third-order valence-electron chi connectivity index (χ3n) is 1.26. The first-order valence-corrected chi connectivity index (χ1v) is 8.99. The minimum atomic E-state index is -1.89. The standard InChI is InChI=1S/C7H10NPS3/c8-9(10,11)12-6-7-4-2-1-3-5-7/h1-5H,6H2,(H3,8,10,11). The largest absolute Gasteiger partial charge is 0.287 e. The molecule has 0 amide bonds. The normalized spacial score (nSPS) is 15.5. The minimum Gasteiger partial charge on any atom is -0.287 e. The van der Waals surface area contributed by atoms with Crippen LogP contribution < -0.4 is 5.50 Å². The smallest absolute Gasteiger partial charge is 0.112 e. The fraction of sp³-hybridized carbons (Fsp3) is 0.143. The molecule has 1 atom stereocenters. The van der Waals surface area contributed by atoms with E-state index in [2.05, 4.69) is 24.4 Å². The number of hydrogen-bond acceptors (Lipinski definition) is 2. The average Bonchev–Trinajstić information content (AvgIpc) is 2.02. The van der Waals surface area contributed by atoms with Crippen LogP contribution in [0.1, 0.15) is 5.56 Å². The molecule has 1 aromatic rings. The molecule has 1 nitrogen and oxygen atoms in total. The average molecular weight is 235 g/mol. The van der Waals surface area contributed by atoms with Crippen LogP contribution in [-0.4, -0.2) is 0 Å². The molecule has 5 heteroatoms. The first kappa shape index (κ1) is 10.6. The Hall–Kier alpha value is 0.530. The highest BCUT2D eigenvalue weighted by molar-refractivity contribution is 8.95. The van der Waals surface area contributed by atoms with E-state index >= 15 is 0 Å². The van der Waals surface area contributed by atoms with Crippen molar-refractivity contribution in [3.8, 4) is 0 Å². The van der Waals surface area contributed by atoms with Crippen molar-refractivity contribution in [1.82, 2.24) is 0 Å². The molecular formula is C7H10NPS3. The van der Waals surface area contributed by atoms with Crippen LogP contribution in [0.4, 0.5) is 0 Å². The van der Waals surface area contributed by atoms with E-state index in [1.165, 1.54) is 5.56 Å². The quantitative estimate of drug-likeness (QED) is 0.622. The van der Waals surface area contributed by atoms with Gasteiger partial charge in [-0.15, -0.1) is 12.2 Å². The monoisotopic (exact) mass is 235 g/mol. The fourth-order valence-electron chi connectivity index (χ4n) is 0.741. The summed E-state index contributed by atoms with van der Waals surface area (Å²) in [4.78, 5) is 0. The van der Waals surface area contributed by atoms with Gasteiger partial charge in [0, 0.05) is 5.75 Å². The minimum absolute atomic E-state index is 0.859. The van der Waals surface area contributed by atoms with Gasteiger partial charge in [-0.05, 0) is 5.56 Å². The zero-order chi connectivity index (χ0) is 9.03. The van der Waals surface area contributed by atoms with E-state index < -0.39 is 4.59 Å². The molecule has 12 heavy (non-hydrogen) atoms. The van der Waals surface area contributed by atoms with Crippen LogP contribution in [0.3, 0.4) is 0 Å². The highest BCUT2D eigenvalue weighted by Gasteiger charge is 2.03. The summed E-state index contributed by atoms with van der Waals surface area (Å²) >= 11 is 10.7. The summed E-state index contributed by atoms with van der Waals surface area (Å²) in [6, 6.07) is 10.1. The van der Waals surface area contributed by atoms with Gasteiger partial charge in [0.2, 0.25) is 0 Å². The lowest BCUT2D eigenvalue weighted by Gasteiger charge is -2.07. The van der Waals surface area contributed by atoms with Gasteiger partial charge in [-0.3, -0.25) is 5.50 Å². The van der Waals surface area contributed by atoms with Crippen molar-refractivity contribution in [2.75, 3.05) is 0 Å². The van der Waals surface area contributed by atoms with Crippen LogP contribution in [0.2, 0.25) is 0 Å². The molecule has 2 N–H and O–H groups in total. The van der Waals surface area contributed by atoms with Crippen molar-refractivity contribution in [1.29, 1.82) is 0 Å². The second kappa shape index (κ2) is 4.68. The molecule has 0 aliphatic rings. The summed E-state index contributed by atoms with van der Waals surface area (Å²) < 4.78 is -1.89. The van der Waals surface area contributed by atoms with Crippen LogP contribution in [-0.2, 0) is 17.6 Å². The fourth-order valence-corrected chi connectivity index (χ4v) is 3.26. The SMILES string of the molecule is NP(=S)(S)SCc1ccccc1. The lowest BCUT2D eigenvalue weighted by atomic mass is 10.2. The first-order valence-electron chi connectivity index (χ1n) is 3.38. The molecule has 0 aliphatic heterocycles. The Morgan fingerprint density at radius 2 is 2.00 bits per heavy atom. The van der Waals surface area contributed by atoms with E-state index in [9.17, 15) is 0 Å². The van der Waals surface area contributed by atoms with Crippen molar-refractivity contribution in [3.63, 3.8) is 0 Å². The van der Waals surface area contributed by atoms with Gasteiger partial charge in [0.1, 0.15) is 4.59 Å². The highest BCUT2D eigenvalue weighted by Crippen LogP contribution is 2.56. The van der Waals surface area contributed by atoms with Crippen molar-refractivity contribution in [2.45, 2.75) is 5.75 Å². The zero-order valence-corrected chi connectivity index (χ0v) is 9.80. The maximum atomic E-state index is 5.64. The topological polar surface area (TPSA) is 26.0 Å². The Labute approximate surface area is 87.1 Å². The van der Waals surface area contributed by atoms with Crippen molar-refractivity contribution >= 4 is 40.0 Å². The maximum Gasteiger partial charge on any atom is 0.112 e. The molecule has 66 valence electrons. The van der Waals surface area contributed by atoms with Crippen molar-refractivity contribution in [2.24, 2.45) is 5.50 Å². The Bertz CT molecular complexity index is 282. The van der Waals surface area contributed by atoms with E-state index in [1.54, 1.807) is 11.4 Å². The molecule has 0 radical (unpaired) electrons. The predicted octanol–water partition coefficient (Wildman–Crippen LogP) is 3.03. The van der Waals surface area contributed by atoms with E-state index in [-0.39, 0.29) is 0 Å². The van der Waals surface area contributed by atoms with E-state index in [4.69, 9.17) is 17.3 Å². The summed E-state index contributed by atoms with van der Waals surface area (Å²) in [6.45, 7) is 0. The van der Waals surface area contributed by atoms with Crippen LogP contribution in [0.25, 0.3) is 0 Å². The number of hydrogen-bond donors (Lipinski definition) is 2. The molecule has 0 heterocycles.